The molecule has 1 aliphatic rings. The maximum atomic E-state index is 12.2. The van der Waals surface area contributed by atoms with E-state index in [1.165, 1.54) is 7.11 Å². The van der Waals surface area contributed by atoms with Crippen LogP contribution in [0.15, 0.2) is 18.2 Å². The zero-order valence-electron chi connectivity index (χ0n) is 12.3. The Morgan fingerprint density at radius 1 is 1.33 bits per heavy atom. The molecule has 5 nitrogen and oxygen atoms in total. The number of esters is 1. The summed E-state index contributed by atoms with van der Waals surface area (Å²) in [5.74, 6) is -0.159. The first-order valence-electron chi connectivity index (χ1n) is 7.25. The highest BCUT2D eigenvalue weighted by atomic mass is 16.5. The molecule has 0 aromatic heterocycles. The van der Waals surface area contributed by atoms with Gasteiger partial charge in [-0.25, -0.2) is 0 Å². The Hall–Kier alpha value is -1.88. The lowest BCUT2D eigenvalue weighted by Gasteiger charge is -2.17. The number of anilines is 1. The number of aliphatic hydroxyl groups is 1. The van der Waals surface area contributed by atoms with Crippen molar-refractivity contribution in [2.24, 2.45) is 0 Å². The monoisotopic (exact) mass is 292 g/mol. The van der Waals surface area contributed by atoms with Crippen LogP contribution in [-0.4, -0.2) is 37.2 Å². The lowest BCUT2D eigenvalue weighted by atomic mass is 10.1. The van der Waals surface area contributed by atoms with Gasteiger partial charge in [-0.2, -0.15) is 0 Å². The van der Waals surface area contributed by atoms with E-state index >= 15 is 0 Å². The minimum Gasteiger partial charge on any atom is -0.469 e. The molecular weight excluding hydrogens is 271 g/mol. The van der Waals surface area contributed by atoms with Crippen LogP contribution in [0.25, 0.3) is 0 Å². The molecule has 1 aromatic rings. The fourth-order valence-corrected chi connectivity index (χ4v) is 2.59. The molecule has 5 heteroatoms. The van der Waals surface area contributed by atoms with Crippen molar-refractivity contribution in [1.82, 2.24) is 0 Å². The highest BCUT2D eigenvalue weighted by molar-refractivity contribution is 5.95. The predicted molar refractivity (Wildman–Crippen MR) is 79.2 cm³/mol. The molecule has 1 N–H and O–H groups in total. The lowest BCUT2D eigenvalue weighted by Crippen LogP contribution is -2.28. The zero-order chi connectivity index (χ0) is 15.2. The van der Waals surface area contributed by atoms with E-state index in [0.29, 0.717) is 25.8 Å². The van der Waals surface area contributed by atoms with E-state index < -0.39 is 0 Å². The maximum Gasteiger partial charge on any atom is 0.309 e. The number of carbonyl (C=O) groups excluding carboxylic acids is 2. The van der Waals surface area contributed by atoms with Crippen molar-refractivity contribution < 1.29 is 19.4 Å². The normalized spacial score (nSPS) is 13.1. The number of fused-ring (bicyclic) bond motifs is 1. The second-order valence-electron chi connectivity index (χ2n) is 5.19. The summed E-state index contributed by atoms with van der Waals surface area (Å²) in [6, 6.07) is 5.76. The molecule has 2 rings (SSSR count). The van der Waals surface area contributed by atoms with Crippen LogP contribution in [0.5, 0.6) is 0 Å². The van der Waals surface area contributed by atoms with Gasteiger partial charge in [0.25, 0.3) is 0 Å². The first-order chi connectivity index (χ1) is 10.2. The molecule has 1 aliphatic heterocycles. The van der Waals surface area contributed by atoms with Crippen LogP contribution >= 0.6 is 0 Å². The summed E-state index contributed by atoms with van der Waals surface area (Å²) in [4.78, 5) is 25.3. The Balaban J connectivity index is 2.03. The molecule has 0 fully saturated rings. The van der Waals surface area contributed by atoms with Gasteiger partial charge in [0.05, 0.1) is 13.5 Å². The highest BCUT2D eigenvalue weighted by Gasteiger charge is 2.24. The number of aliphatic hydroxyl groups excluding tert-OH is 1. The Labute approximate surface area is 124 Å². The summed E-state index contributed by atoms with van der Waals surface area (Å²) in [6.07, 6.45) is 2.90. The summed E-state index contributed by atoms with van der Waals surface area (Å²) in [5, 5.41) is 8.76. The topological polar surface area (TPSA) is 66.8 Å². The number of amides is 1. The third-order valence-electron chi connectivity index (χ3n) is 3.72. The number of methoxy groups -OCH3 is 1. The molecule has 0 spiro atoms. The molecule has 21 heavy (non-hydrogen) atoms. The van der Waals surface area contributed by atoms with Crippen molar-refractivity contribution in [2.45, 2.75) is 32.1 Å². The number of nitrogens with zero attached hydrogens (tertiary/aromatic N) is 1. The minimum absolute atomic E-state index is 0.0999. The van der Waals surface area contributed by atoms with Gasteiger partial charge >= 0.3 is 5.97 Å². The second kappa shape index (κ2) is 7.22. The number of hydrogen-bond donors (Lipinski definition) is 1. The van der Waals surface area contributed by atoms with Gasteiger partial charge in [0.15, 0.2) is 0 Å². The van der Waals surface area contributed by atoms with E-state index in [4.69, 9.17) is 5.11 Å². The first kappa shape index (κ1) is 15.5. The SMILES string of the molecule is COC(=O)Cc1ccc2c(c1)CCN2[13C](=O)CCCCO. The lowest BCUT2D eigenvalue weighted by molar-refractivity contribution is -0.139. The van der Waals surface area contributed by atoms with E-state index in [-0.39, 0.29) is 24.9 Å². The molecule has 0 bridgehead atoms. The molecule has 0 unspecified atom stereocenters. The van der Waals surface area contributed by atoms with Crippen LogP contribution in [0.1, 0.15) is 30.4 Å². The molecular formula is C16H21NO4. The van der Waals surface area contributed by atoms with E-state index in [9.17, 15) is 9.59 Å². The summed E-state index contributed by atoms with van der Waals surface area (Å²) < 4.78 is 4.66. The van der Waals surface area contributed by atoms with Crippen molar-refractivity contribution in [1.29, 1.82) is 0 Å². The average Bonchev–Trinajstić information content (AvgIpc) is 2.90. The van der Waals surface area contributed by atoms with Gasteiger partial charge in [-0.05, 0) is 36.5 Å². The third-order valence-corrected chi connectivity index (χ3v) is 3.72. The van der Waals surface area contributed by atoms with Gasteiger partial charge in [-0.3, -0.25) is 9.59 Å². The quantitative estimate of drug-likeness (QED) is 0.489. The fraction of sp³-hybridized carbons (Fsp3) is 0.500. The summed E-state index contributed by atoms with van der Waals surface area (Å²) >= 11 is 0. The van der Waals surface area contributed by atoms with Crippen LogP contribution in [0.2, 0.25) is 0 Å². The van der Waals surface area contributed by atoms with Crippen LogP contribution in [0.4, 0.5) is 5.69 Å². The molecule has 0 radical (unpaired) electrons. The maximum absolute atomic E-state index is 12.2. The number of rotatable bonds is 6. The third kappa shape index (κ3) is 3.82. The summed E-state index contributed by atoms with van der Waals surface area (Å²) in [6.45, 7) is 0.815. The number of unbranched alkanes of at least 4 members (excludes halogenated alkanes) is 1. The van der Waals surface area contributed by atoms with Crippen LogP contribution in [0.3, 0.4) is 0 Å². The van der Waals surface area contributed by atoms with E-state index in [1.807, 2.05) is 18.2 Å². The van der Waals surface area contributed by atoms with E-state index in [0.717, 1.165) is 23.2 Å². The average molecular weight is 292 g/mol. The van der Waals surface area contributed by atoms with Crippen LogP contribution in [-0.2, 0) is 27.2 Å². The smallest absolute Gasteiger partial charge is 0.309 e. The van der Waals surface area contributed by atoms with Crippen molar-refractivity contribution in [3.05, 3.63) is 29.3 Å². The van der Waals surface area contributed by atoms with Crippen molar-refractivity contribution in [2.75, 3.05) is 25.2 Å². The largest absolute Gasteiger partial charge is 0.469 e. The van der Waals surface area contributed by atoms with Gasteiger partial charge < -0.3 is 14.7 Å². The van der Waals surface area contributed by atoms with Crippen molar-refractivity contribution in [3.63, 3.8) is 0 Å². The zero-order valence-corrected chi connectivity index (χ0v) is 12.3. The molecule has 1 amide bonds. The first-order valence-corrected chi connectivity index (χ1v) is 7.25. The molecule has 1 aromatic carbocycles. The van der Waals surface area contributed by atoms with Crippen LogP contribution in [0, 0.1) is 0 Å². The van der Waals surface area contributed by atoms with Gasteiger partial charge in [0.1, 0.15) is 0 Å². The minimum atomic E-state index is -0.259. The predicted octanol–water partition coefficient (Wildman–Crippen LogP) is 1.45. The Morgan fingerprint density at radius 2 is 2.14 bits per heavy atom. The number of benzene rings is 1. The van der Waals surface area contributed by atoms with Gasteiger partial charge in [0, 0.05) is 25.3 Å². The number of carbonyl (C=O) groups is 2. The summed E-state index contributed by atoms with van der Waals surface area (Å²) in [5.41, 5.74) is 2.96. The molecule has 0 atom stereocenters. The second-order valence-corrected chi connectivity index (χ2v) is 5.19. The Bertz CT molecular complexity index is 527. The van der Waals surface area contributed by atoms with Gasteiger partial charge in [0.2, 0.25) is 5.91 Å². The number of ether oxygens (including phenoxy) is 1. The van der Waals surface area contributed by atoms with E-state index in [2.05, 4.69) is 4.74 Å². The van der Waals surface area contributed by atoms with Gasteiger partial charge in [-0.15, -0.1) is 0 Å². The Kier molecular flexibility index (Phi) is 5.33. The molecule has 0 saturated heterocycles. The van der Waals surface area contributed by atoms with Crippen LogP contribution < -0.4 is 4.90 Å². The summed E-state index contributed by atoms with van der Waals surface area (Å²) in [7, 11) is 1.38. The molecule has 0 aliphatic carbocycles. The molecule has 114 valence electrons. The van der Waals surface area contributed by atoms with E-state index in [1.54, 1.807) is 4.90 Å². The standard InChI is InChI=1S/C16H21NO4/c1-21-16(20)11-12-5-6-14-13(10-12)7-8-17(14)15(19)4-2-3-9-18/h5-6,10,18H,2-4,7-9,11H2,1H3/i15+1. The van der Waals surface area contributed by atoms with Crippen molar-refractivity contribution in [3.8, 4) is 0 Å². The van der Waals surface area contributed by atoms with Crippen molar-refractivity contribution >= 4 is 17.6 Å². The molecule has 1 heterocycles. The fourth-order valence-electron chi connectivity index (χ4n) is 2.59. The Morgan fingerprint density at radius 3 is 2.86 bits per heavy atom. The highest BCUT2D eigenvalue weighted by Crippen LogP contribution is 2.29. The molecule has 0 saturated carbocycles. The van der Waals surface area contributed by atoms with Gasteiger partial charge in [-0.1, -0.05) is 12.1 Å². The number of hydrogen-bond acceptors (Lipinski definition) is 4.